The van der Waals surface area contributed by atoms with Crippen molar-refractivity contribution in [1.82, 2.24) is 0 Å². The fraction of sp³-hybridized carbons (Fsp3) is 0.533. The largest absolute Gasteiger partial charge is 0.478 e. The second kappa shape index (κ2) is 5.71. The average molecular weight is 278 g/mol. The Kier molecular flexibility index (Phi) is 4.18. The molecule has 110 valence electrons. The third-order valence-electron chi connectivity index (χ3n) is 4.20. The molecule has 5 nitrogen and oxygen atoms in total. The molecule has 1 aliphatic rings. The second-order valence-electron chi connectivity index (χ2n) is 5.56. The van der Waals surface area contributed by atoms with Crippen LogP contribution in [0, 0.1) is 6.92 Å². The van der Waals surface area contributed by atoms with Gasteiger partial charge in [0.1, 0.15) is 0 Å². The summed E-state index contributed by atoms with van der Waals surface area (Å²) in [5, 5.41) is 19.3. The van der Waals surface area contributed by atoms with Crippen LogP contribution < -0.4 is 10.6 Å². The molecular weight excluding hydrogens is 256 g/mol. The van der Waals surface area contributed by atoms with Gasteiger partial charge in [-0.3, -0.25) is 0 Å². The summed E-state index contributed by atoms with van der Waals surface area (Å²) in [6.45, 7) is 1.80. The Bertz CT molecular complexity index is 516. The van der Waals surface area contributed by atoms with Gasteiger partial charge in [-0.25, -0.2) is 4.79 Å². The maximum Gasteiger partial charge on any atom is 0.337 e. The van der Waals surface area contributed by atoms with E-state index in [0.29, 0.717) is 5.69 Å². The highest BCUT2D eigenvalue weighted by Crippen LogP contribution is 2.30. The Balaban J connectivity index is 2.34. The smallest absolute Gasteiger partial charge is 0.337 e. The van der Waals surface area contributed by atoms with Crippen molar-refractivity contribution in [1.29, 1.82) is 0 Å². The van der Waals surface area contributed by atoms with Crippen LogP contribution in [0.3, 0.4) is 0 Å². The molecule has 20 heavy (non-hydrogen) atoms. The molecule has 0 bridgehead atoms. The number of carboxylic acid groups (broad SMARTS) is 1. The number of nitrogen functional groups attached to an aromatic ring is 1. The summed E-state index contributed by atoms with van der Waals surface area (Å²) in [5.41, 5.74) is 7.78. The highest BCUT2D eigenvalue weighted by Gasteiger charge is 2.27. The number of hydrogen-bond acceptors (Lipinski definition) is 4. The van der Waals surface area contributed by atoms with Crippen LogP contribution in [0.25, 0.3) is 0 Å². The summed E-state index contributed by atoms with van der Waals surface area (Å²) in [7, 11) is 1.90. The van der Waals surface area contributed by atoms with Crippen LogP contribution >= 0.6 is 0 Å². The first-order valence-corrected chi connectivity index (χ1v) is 6.96. The highest BCUT2D eigenvalue weighted by atomic mass is 16.4. The van der Waals surface area contributed by atoms with Crippen molar-refractivity contribution in [3.05, 3.63) is 23.3 Å². The van der Waals surface area contributed by atoms with E-state index in [4.69, 9.17) is 5.73 Å². The van der Waals surface area contributed by atoms with Gasteiger partial charge in [0, 0.05) is 18.4 Å². The highest BCUT2D eigenvalue weighted by molar-refractivity contribution is 5.95. The van der Waals surface area contributed by atoms with Crippen LogP contribution in [0.15, 0.2) is 12.1 Å². The molecule has 2 rings (SSSR count). The van der Waals surface area contributed by atoms with Gasteiger partial charge >= 0.3 is 5.97 Å². The fourth-order valence-electron chi connectivity index (χ4n) is 2.89. The fourth-order valence-corrected chi connectivity index (χ4v) is 2.89. The lowest BCUT2D eigenvalue weighted by Crippen LogP contribution is -2.43. The zero-order chi connectivity index (χ0) is 14.9. The van der Waals surface area contributed by atoms with Crippen molar-refractivity contribution >= 4 is 17.3 Å². The maximum atomic E-state index is 11.2. The third-order valence-corrected chi connectivity index (χ3v) is 4.20. The van der Waals surface area contributed by atoms with Crippen molar-refractivity contribution in [2.75, 3.05) is 17.7 Å². The number of aliphatic hydroxyl groups excluding tert-OH is 1. The van der Waals surface area contributed by atoms with Crippen molar-refractivity contribution in [3.8, 4) is 0 Å². The van der Waals surface area contributed by atoms with Gasteiger partial charge in [-0.1, -0.05) is 12.8 Å². The SMILES string of the molecule is Cc1cc(N(C)C2CCCCC2O)cc(C(=O)O)c1N. The molecule has 0 aromatic heterocycles. The number of benzene rings is 1. The van der Waals surface area contributed by atoms with Gasteiger partial charge in [0.2, 0.25) is 0 Å². The van der Waals surface area contributed by atoms with Crippen LogP contribution in [0.5, 0.6) is 0 Å². The Labute approximate surface area is 119 Å². The Morgan fingerprint density at radius 2 is 2.00 bits per heavy atom. The number of nitrogens with zero attached hydrogens (tertiary/aromatic N) is 1. The van der Waals surface area contributed by atoms with Crippen LogP contribution in [-0.4, -0.2) is 35.4 Å². The molecule has 4 N–H and O–H groups in total. The monoisotopic (exact) mass is 278 g/mol. The van der Waals surface area contributed by atoms with Crippen LogP contribution in [0.2, 0.25) is 0 Å². The molecule has 5 heteroatoms. The van der Waals surface area contributed by atoms with E-state index < -0.39 is 5.97 Å². The Morgan fingerprint density at radius 1 is 1.35 bits per heavy atom. The Morgan fingerprint density at radius 3 is 2.60 bits per heavy atom. The molecule has 0 spiro atoms. The quantitative estimate of drug-likeness (QED) is 0.736. The average Bonchev–Trinajstić information content (AvgIpc) is 2.41. The van der Waals surface area contributed by atoms with E-state index in [1.807, 2.05) is 18.0 Å². The topological polar surface area (TPSA) is 86.8 Å². The lowest BCUT2D eigenvalue weighted by Gasteiger charge is -2.37. The Hall–Kier alpha value is -1.75. The first-order valence-electron chi connectivity index (χ1n) is 6.96. The first-order chi connectivity index (χ1) is 9.41. The number of aromatic carboxylic acids is 1. The summed E-state index contributed by atoms with van der Waals surface area (Å²) in [4.78, 5) is 13.2. The second-order valence-corrected chi connectivity index (χ2v) is 5.56. The molecule has 0 heterocycles. The van der Waals surface area contributed by atoms with Gasteiger partial charge in [0.15, 0.2) is 0 Å². The van der Waals surface area contributed by atoms with E-state index in [9.17, 15) is 15.0 Å². The van der Waals surface area contributed by atoms with Gasteiger partial charge in [0.25, 0.3) is 0 Å². The maximum absolute atomic E-state index is 11.2. The standard InChI is InChI=1S/C15H22N2O3/c1-9-7-10(8-11(14(9)16)15(19)20)17(2)12-5-3-4-6-13(12)18/h7-8,12-13,18H,3-6,16H2,1-2H3,(H,19,20). The van der Waals surface area contributed by atoms with E-state index in [-0.39, 0.29) is 17.7 Å². The van der Waals surface area contributed by atoms with Gasteiger partial charge in [0.05, 0.1) is 17.7 Å². The number of aryl methyl sites for hydroxylation is 1. The van der Waals surface area contributed by atoms with Crippen LogP contribution in [0.1, 0.15) is 41.6 Å². The number of anilines is 2. The normalized spacial score (nSPS) is 22.6. The van der Waals surface area contributed by atoms with E-state index in [2.05, 4.69) is 0 Å². The van der Waals surface area contributed by atoms with Gasteiger partial charge in [-0.05, 0) is 37.5 Å². The third kappa shape index (κ3) is 2.72. The molecule has 1 fully saturated rings. The number of rotatable bonds is 3. The molecule has 1 aromatic rings. The van der Waals surface area contributed by atoms with Crippen molar-refractivity contribution in [3.63, 3.8) is 0 Å². The number of aliphatic hydroxyl groups is 1. The summed E-state index contributed by atoms with van der Waals surface area (Å²) in [6, 6.07) is 3.50. The molecule has 1 aliphatic carbocycles. The van der Waals surface area contributed by atoms with Gasteiger partial charge in [-0.2, -0.15) is 0 Å². The van der Waals surface area contributed by atoms with Crippen LogP contribution in [-0.2, 0) is 0 Å². The van der Waals surface area contributed by atoms with E-state index in [1.54, 1.807) is 13.0 Å². The van der Waals surface area contributed by atoms with Crippen molar-refractivity contribution in [2.24, 2.45) is 0 Å². The summed E-state index contributed by atoms with van der Waals surface area (Å²) in [6.07, 6.45) is 3.50. The molecule has 0 amide bonds. The minimum Gasteiger partial charge on any atom is -0.478 e. The van der Waals surface area contributed by atoms with Crippen molar-refractivity contribution < 1.29 is 15.0 Å². The molecule has 0 saturated heterocycles. The molecule has 2 unspecified atom stereocenters. The van der Waals surface area contributed by atoms with E-state index in [1.165, 1.54) is 0 Å². The number of nitrogens with two attached hydrogens (primary N) is 1. The lowest BCUT2D eigenvalue weighted by atomic mass is 9.91. The van der Waals surface area contributed by atoms with Gasteiger partial charge in [-0.15, -0.1) is 0 Å². The molecule has 0 radical (unpaired) electrons. The first kappa shape index (κ1) is 14.7. The molecule has 2 atom stereocenters. The minimum absolute atomic E-state index is 0.0356. The summed E-state index contributed by atoms with van der Waals surface area (Å²) in [5.74, 6) is -1.02. The van der Waals surface area contributed by atoms with Crippen molar-refractivity contribution in [2.45, 2.75) is 44.8 Å². The molecule has 0 aliphatic heterocycles. The van der Waals surface area contributed by atoms with E-state index in [0.717, 1.165) is 36.9 Å². The number of likely N-dealkylation sites (N-methyl/N-ethyl adjacent to an activating group) is 1. The molecular formula is C15H22N2O3. The number of hydrogen-bond donors (Lipinski definition) is 3. The lowest BCUT2D eigenvalue weighted by molar-refractivity contribution is 0.0698. The zero-order valence-corrected chi connectivity index (χ0v) is 12.0. The minimum atomic E-state index is -1.02. The number of carbonyl (C=O) groups is 1. The predicted octanol–water partition coefficient (Wildman–Crippen LogP) is 2.02. The number of carboxylic acids is 1. The predicted molar refractivity (Wildman–Crippen MR) is 79.2 cm³/mol. The van der Waals surface area contributed by atoms with Crippen LogP contribution in [0.4, 0.5) is 11.4 Å². The molecule has 1 saturated carbocycles. The van der Waals surface area contributed by atoms with Gasteiger partial charge < -0.3 is 20.8 Å². The zero-order valence-electron chi connectivity index (χ0n) is 12.0. The summed E-state index contributed by atoms with van der Waals surface area (Å²) >= 11 is 0. The van der Waals surface area contributed by atoms with E-state index >= 15 is 0 Å². The molecule has 1 aromatic carbocycles. The summed E-state index contributed by atoms with van der Waals surface area (Å²) < 4.78 is 0.